The van der Waals surface area contributed by atoms with Crippen LogP contribution in [0.3, 0.4) is 0 Å². The summed E-state index contributed by atoms with van der Waals surface area (Å²) >= 11 is 0. The second-order valence-electron chi connectivity index (χ2n) is 10.2. The largest absolute Gasteiger partial charge is 0.493 e. The van der Waals surface area contributed by atoms with Crippen molar-refractivity contribution in [3.63, 3.8) is 0 Å². The number of nitriles is 1. The van der Waals surface area contributed by atoms with Gasteiger partial charge in [-0.1, -0.05) is 13.0 Å². The number of carbonyl (C=O) groups is 1. The van der Waals surface area contributed by atoms with Gasteiger partial charge in [-0.05, 0) is 43.2 Å². The fraction of sp³-hybridized carbons (Fsp3) is 0.519. The molecule has 0 radical (unpaired) electrons. The lowest BCUT2D eigenvalue weighted by atomic mass is 9.72. The predicted molar refractivity (Wildman–Crippen MR) is 136 cm³/mol. The third-order valence-electron chi connectivity index (χ3n) is 7.72. The first-order valence-corrected chi connectivity index (χ1v) is 12.3. The fourth-order valence-electron chi connectivity index (χ4n) is 5.07. The SMILES string of the molecule is COc1ccc([C@@H]2CN(C(=O)[C@@H](O)CO)C[C@@]2(C)[C@@H](C)O)cc1OC1CN(c2cc(C#N)c(C)cn2)C1. The summed E-state index contributed by atoms with van der Waals surface area (Å²) in [4.78, 5) is 20.6. The molecular weight excluding hydrogens is 476 g/mol. The third-order valence-corrected chi connectivity index (χ3v) is 7.72. The van der Waals surface area contributed by atoms with Crippen molar-refractivity contribution >= 4 is 11.7 Å². The van der Waals surface area contributed by atoms with E-state index in [9.17, 15) is 25.4 Å². The van der Waals surface area contributed by atoms with E-state index < -0.39 is 30.1 Å². The van der Waals surface area contributed by atoms with Gasteiger partial charge in [-0.2, -0.15) is 5.26 Å². The number of aliphatic hydroxyl groups is 3. The maximum absolute atomic E-state index is 12.6. The molecule has 1 aromatic carbocycles. The highest BCUT2D eigenvalue weighted by Gasteiger charge is 2.49. The molecule has 2 aromatic rings. The van der Waals surface area contributed by atoms with E-state index in [0.29, 0.717) is 36.7 Å². The summed E-state index contributed by atoms with van der Waals surface area (Å²) in [7, 11) is 1.57. The van der Waals surface area contributed by atoms with Crippen LogP contribution in [0.4, 0.5) is 5.82 Å². The number of ether oxygens (including phenoxy) is 2. The molecule has 1 amide bonds. The second-order valence-corrected chi connectivity index (χ2v) is 10.2. The highest BCUT2D eigenvalue weighted by atomic mass is 16.5. The number of aromatic nitrogens is 1. The van der Waals surface area contributed by atoms with Gasteiger partial charge >= 0.3 is 0 Å². The number of pyridine rings is 1. The molecule has 2 fully saturated rings. The molecule has 2 aliphatic rings. The van der Waals surface area contributed by atoms with E-state index in [4.69, 9.17) is 9.47 Å². The summed E-state index contributed by atoms with van der Waals surface area (Å²) in [6, 6.07) is 9.58. The molecule has 10 nitrogen and oxygen atoms in total. The van der Waals surface area contributed by atoms with Crippen LogP contribution in [0.15, 0.2) is 30.5 Å². The average Bonchev–Trinajstić information content (AvgIpc) is 3.24. The van der Waals surface area contributed by atoms with Crippen molar-refractivity contribution in [2.75, 3.05) is 44.8 Å². The van der Waals surface area contributed by atoms with E-state index in [1.165, 1.54) is 4.90 Å². The molecule has 0 spiro atoms. The minimum Gasteiger partial charge on any atom is -0.493 e. The summed E-state index contributed by atoms with van der Waals surface area (Å²) in [5.74, 6) is 1.08. The zero-order chi connectivity index (χ0) is 26.9. The minimum atomic E-state index is -1.49. The van der Waals surface area contributed by atoms with Crippen molar-refractivity contribution in [1.29, 1.82) is 5.26 Å². The van der Waals surface area contributed by atoms with Gasteiger partial charge in [0.05, 0.1) is 44.5 Å². The molecule has 2 aliphatic heterocycles. The first-order valence-electron chi connectivity index (χ1n) is 12.3. The summed E-state index contributed by atoms with van der Waals surface area (Å²) in [5.41, 5.74) is 1.64. The first kappa shape index (κ1) is 26.7. The molecule has 37 heavy (non-hydrogen) atoms. The quantitative estimate of drug-likeness (QED) is 0.478. The molecule has 0 saturated carbocycles. The van der Waals surface area contributed by atoms with E-state index >= 15 is 0 Å². The highest BCUT2D eigenvalue weighted by Crippen LogP contribution is 2.47. The molecule has 2 saturated heterocycles. The lowest BCUT2D eigenvalue weighted by Crippen LogP contribution is -2.54. The van der Waals surface area contributed by atoms with Crippen LogP contribution in [-0.2, 0) is 4.79 Å². The summed E-state index contributed by atoms with van der Waals surface area (Å²) in [5, 5.41) is 39.1. The van der Waals surface area contributed by atoms with Gasteiger partial charge in [0.1, 0.15) is 11.9 Å². The van der Waals surface area contributed by atoms with Crippen LogP contribution in [-0.4, -0.2) is 89.3 Å². The van der Waals surface area contributed by atoms with Gasteiger partial charge in [0, 0.05) is 30.6 Å². The summed E-state index contributed by atoms with van der Waals surface area (Å²) in [6.07, 6.45) is -0.625. The summed E-state index contributed by atoms with van der Waals surface area (Å²) < 4.78 is 11.8. The molecule has 0 aliphatic carbocycles. The molecule has 1 aromatic heterocycles. The van der Waals surface area contributed by atoms with Crippen molar-refractivity contribution in [1.82, 2.24) is 9.88 Å². The number of aliphatic hydroxyl groups excluding tert-OH is 3. The molecule has 10 heteroatoms. The zero-order valence-corrected chi connectivity index (χ0v) is 21.6. The minimum absolute atomic E-state index is 0.109. The Bertz CT molecular complexity index is 1190. The molecule has 0 unspecified atom stereocenters. The van der Waals surface area contributed by atoms with Crippen LogP contribution in [0.1, 0.15) is 36.5 Å². The number of likely N-dealkylation sites (tertiary alicyclic amines) is 1. The Kier molecular flexibility index (Phi) is 7.59. The van der Waals surface area contributed by atoms with Crippen LogP contribution in [0.5, 0.6) is 11.5 Å². The molecular formula is C27H34N4O6. The van der Waals surface area contributed by atoms with Crippen molar-refractivity contribution in [3.8, 4) is 17.6 Å². The maximum atomic E-state index is 12.6. The van der Waals surface area contributed by atoms with Crippen LogP contribution in [0.25, 0.3) is 0 Å². The van der Waals surface area contributed by atoms with E-state index in [1.807, 2.05) is 36.9 Å². The van der Waals surface area contributed by atoms with Crippen LogP contribution in [0, 0.1) is 23.7 Å². The van der Waals surface area contributed by atoms with E-state index in [0.717, 1.165) is 16.9 Å². The number of aryl methyl sites for hydroxylation is 1. The van der Waals surface area contributed by atoms with Gasteiger partial charge in [0.15, 0.2) is 17.6 Å². The smallest absolute Gasteiger partial charge is 0.253 e. The molecule has 3 N–H and O–H groups in total. The van der Waals surface area contributed by atoms with Crippen LogP contribution in [0.2, 0.25) is 0 Å². The Morgan fingerprint density at radius 3 is 2.62 bits per heavy atom. The number of carbonyl (C=O) groups excluding carboxylic acids is 1. The van der Waals surface area contributed by atoms with Gasteiger partial charge in [0.2, 0.25) is 0 Å². The number of nitrogens with zero attached hydrogens (tertiary/aromatic N) is 4. The third kappa shape index (κ3) is 5.07. The number of rotatable bonds is 8. The number of methoxy groups -OCH3 is 1. The van der Waals surface area contributed by atoms with E-state index in [-0.39, 0.29) is 18.6 Å². The molecule has 4 rings (SSSR count). The second kappa shape index (κ2) is 10.5. The van der Waals surface area contributed by atoms with Crippen LogP contribution >= 0.6 is 0 Å². The molecule has 0 bridgehead atoms. The Morgan fingerprint density at radius 2 is 2.00 bits per heavy atom. The van der Waals surface area contributed by atoms with Crippen molar-refractivity contribution in [3.05, 3.63) is 47.2 Å². The van der Waals surface area contributed by atoms with Crippen molar-refractivity contribution in [2.45, 2.75) is 45.0 Å². The Balaban J connectivity index is 1.52. The molecule has 198 valence electrons. The number of amides is 1. The number of hydrogen-bond acceptors (Lipinski definition) is 9. The standard InChI is InChI=1S/C27H34N4O6/c1-16-10-29-25(8-19(16)9-28)30-11-20(12-30)37-24-7-18(5-6-23(24)36-4)21-13-31(26(35)22(34)14-32)15-27(21,3)17(2)33/h5-8,10,17,20-22,32-34H,11-15H2,1-4H3/t17-,21+,22+,27+/m1/s1. The number of anilines is 1. The Labute approximate surface area is 216 Å². The molecule has 3 heterocycles. The lowest BCUT2D eigenvalue weighted by molar-refractivity contribution is -0.141. The first-order chi connectivity index (χ1) is 17.6. The zero-order valence-electron chi connectivity index (χ0n) is 21.6. The highest BCUT2D eigenvalue weighted by molar-refractivity contribution is 5.81. The topological polar surface area (TPSA) is 139 Å². The fourth-order valence-corrected chi connectivity index (χ4v) is 5.07. The van der Waals surface area contributed by atoms with Gasteiger partial charge in [0.25, 0.3) is 5.91 Å². The van der Waals surface area contributed by atoms with Crippen LogP contribution < -0.4 is 14.4 Å². The molecule has 4 atom stereocenters. The van der Waals surface area contributed by atoms with Gasteiger partial charge in [-0.15, -0.1) is 0 Å². The van der Waals surface area contributed by atoms with Gasteiger partial charge < -0.3 is 34.6 Å². The van der Waals surface area contributed by atoms with E-state index in [2.05, 4.69) is 11.1 Å². The van der Waals surface area contributed by atoms with Crippen molar-refractivity contribution < 1.29 is 29.6 Å². The predicted octanol–water partition coefficient (Wildman–Crippen LogP) is 1.20. The summed E-state index contributed by atoms with van der Waals surface area (Å²) in [6.45, 7) is 6.56. The average molecular weight is 511 g/mol. The lowest BCUT2D eigenvalue weighted by Gasteiger charge is -2.40. The number of hydrogen-bond donors (Lipinski definition) is 3. The Hall–Kier alpha value is -3.39. The monoisotopic (exact) mass is 510 g/mol. The number of benzene rings is 1. The maximum Gasteiger partial charge on any atom is 0.253 e. The van der Waals surface area contributed by atoms with Gasteiger partial charge in [-0.25, -0.2) is 4.98 Å². The van der Waals surface area contributed by atoms with E-state index in [1.54, 1.807) is 26.3 Å². The van der Waals surface area contributed by atoms with Gasteiger partial charge in [-0.3, -0.25) is 4.79 Å². The van der Waals surface area contributed by atoms with Crippen molar-refractivity contribution in [2.24, 2.45) is 5.41 Å². The normalized spacial score (nSPS) is 23.2. The Morgan fingerprint density at radius 1 is 1.27 bits per heavy atom.